The molecule has 0 unspecified atom stereocenters. The van der Waals surface area contributed by atoms with Crippen LogP contribution in [0, 0.1) is 0 Å². The Morgan fingerprint density at radius 2 is 2.00 bits per heavy atom. The van der Waals surface area contributed by atoms with Crippen LogP contribution in [-0.4, -0.2) is 12.5 Å². The molecule has 16 heavy (non-hydrogen) atoms. The first kappa shape index (κ1) is 13.0. The molecule has 0 atom stereocenters. The summed E-state index contributed by atoms with van der Waals surface area (Å²) in [6, 6.07) is 7.11. The second-order valence-corrected chi connectivity index (χ2v) is 4.20. The molecule has 0 spiro atoms. The largest absolute Gasteiger partial charge is 0.352 e. The van der Waals surface area contributed by atoms with E-state index in [-0.39, 0.29) is 5.91 Å². The highest BCUT2D eigenvalue weighted by Crippen LogP contribution is 2.14. The fraction of sp³-hybridized carbons (Fsp3) is 0.462. The van der Waals surface area contributed by atoms with Gasteiger partial charge >= 0.3 is 0 Å². The highest BCUT2D eigenvalue weighted by Gasteiger charge is 2.07. The van der Waals surface area contributed by atoms with Crippen LogP contribution in [0.25, 0.3) is 0 Å². The molecule has 0 aromatic heterocycles. The van der Waals surface area contributed by atoms with Crippen LogP contribution in [0.5, 0.6) is 0 Å². The van der Waals surface area contributed by atoms with Gasteiger partial charge in [0, 0.05) is 6.54 Å². The number of halogens is 1. The van der Waals surface area contributed by atoms with Crippen molar-refractivity contribution in [3.63, 3.8) is 0 Å². The van der Waals surface area contributed by atoms with E-state index < -0.39 is 0 Å². The summed E-state index contributed by atoms with van der Waals surface area (Å²) in [4.78, 5) is 11.7. The number of hydrogen-bond acceptors (Lipinski definition) is 1. The van der Waals surface area contributed by atoms with Crippen LogP contribution in [0.15, 0.2) is 24.3 Å². The Balaban J connectivity index is 2.33. The first-order chi connectivity index (χ1) is 7.75. The Hall–Kier alpha value is -1.02. The zero-order chi connectivity index (χ0) is 11.8. The maximum atomic E-state index is 11.7. The van der Waals surface area contributed by atoms with Crippen molar-refractivity contribution in [1.82, 2.24) is 5.32 Å². The maximum absolute atomic E-state index is 11.7. The molecule has 88 valence electrons. The van der Waals surface area contributed by atoms with Crippen molar-refractivity contribution >= 4 is 17.5 Å². The summed E-state index contributed by atoms with van der Waals surface area (Å²) < 4.78 is 0. The highest BCUT2D eigenvalue weighted by atomic mass is 35.5. The zero-order valence-electron chi connectivity index (χ0n) is 9.63. The molecular weight excluding hydrogens is 222 g/mol. The molecule has 0 aliphatic heterocycles. The van der Waals surface area contributed by atoms with E-state index in [1.807, 2.05) is 12.1 Å². The molecule has 0 heterocycles. The van der Waals surface area contributed by atoms with Gasteiger partial charge in [0.25, 0.3) is 5.91 Å². The molecule has 0 radical (unpaired) electrons. The van der Waals surface area contributed by atoms with Gasteiger partial charge in [0.15, 0.2) is 0 Å². The lowest BCUT2D eigenvalue weighted by molar-refractivity contribution is 0.0953. The predicted molar refractivity (Wildman–Crippen MR) is 67.9 cm³/mol. The molecule has 0 saturated carbocycles. The van der Waals surface area contributed by atoms with Crippen LogP contribution in [-0.2, 0) is 0 Å². The maximum Gasteiger partial charge on any atom is 0.252 e. The molecule has 0 aliphatic carbocycles. The highest BCUT2D eigenvalue weighted by molar-refractivity contribution is 6.33. The monoisotopic (exact) mass is 239 g/mol. The van der Waals surface area contributed by atoms with Gasteiger partial charge in [-0.2, -0.15) is 0 Å². The standard InChI is InChI=1S/C13H18ClNO/c1-2-3-4-7-10-15-13(16)11-8-5-6-9-12(11)14/h5-6,8-9H,2-4,7,10H2,1H3,(H,15,16). The fourth-order valence-electron chi connectivity index (χ4n) is 1.49. The molecular formula is C13H18ClNO. The first-order valence-electron chi connectivity index (χ1n) is 5.78. The summed E-state index contributed by atoms with van der Waals surface area (Å²) in [6.45, 7) is 2.90. The van der Waals surface area contributed by atoms with Gasteiger partial charge < -0.3 is 5.32 Å². The van der Waals surface area contributed by atoms with Crippen LogP contribution in [0.3, 0.4) is 0 Å². The summed E-state index contributed by atoms with van der Waals surface area (Å²) in [5.41, 5.74) is 0.555. The van der Waals surface area contributed by atoms with Gasteiger partial charge in [0.05, 0.1) is 10.6 Å². The molecule has 1 rings (SSSR count). The van der Waals surface area contributed by atoms with Crippen LogP contribution in [0.2, 0.25) is 5.02 Å². The number of carbonyl (C=O) groups excluding carboxylic acids is 1. The lowest BCUT2D eigenvalue weighted by Gasteiger charge is -2.06. The summed E-state index contributed by atoms with van der Waals surface area (Å²) in [6.07, 6.45) is 4.63. The third kappa shape index (κ3) is 4.23. The van der Waals surface area contributed by atoms with E-state index in [1.54, 1.807) is 12.1 Å². The number of benzene rings is 1. The number of unbranched alkanes of at least 4 members (excludes halogenated alkanes) is 3. The van der Waals surface area contributed by atoms with E-state index in [0.717, 1.165) is 13.0 Å². The van der Waals surface area contributed by atoms with Crippen LogP contribution in [0.1, 0.15) is 43.0 Å². The van der Waals surface area contributed by atoms with Gasteiger partial charge in [0.1, 0.15) is 0 Å². The van der Waals surface area contributed by atoms with Crippen LogP contribution < -0.4 is 5.32 Å². The first-order valence-corrected chi connectivity index (χ1v) is 6.16. The number of amides is 1. The smallest absolute Gasteiger partial charge is 0.252 e. The molecule has 0 aliphatic rings. The van der Waals surface area contributed by atoms with Crippen molar-refractivity contribution in [3.8, 4) is 0 Å². The van der Waals surface area contributed by atoms with Crippen molar-refractivity contribution in [3.05, 3.63) is 34.9 Å². The van der Waals surface area contributed by atoms with E-state index in [0.29, 0.717) is 10.6 Å². The lowest BCUT2D eigenvalue weighted by Crippen LogP contribution is -2.24. The Morgan fingerprint density at radius 1 is 1.25 bits per heavy atom. The average Bonchev–Trinajstić information content (AvgIpc) is 2.29. The zero-order valence-corrected chi connectivity index (χ0v) is 10.4. The van der Waals surface area contributed by atoms with Crippen LogP contribution in [0.4, 0.5) is 0 Å². The topological polar surface area (TPSA) is 29.1 Å². The molecule has 1 aromatic carbocycles. The summed E-state index contributed by atoms with van der Waals surface area (Å²) in [5, 5.41) is 3.38. The summed E-state index contributed by atoms with van der Waals surface area (Å²) >= 11 is 5.92. The number of hydrogen-bond donors (Lipinski definition) is 1. The van der Waals surface area contributed by atoms with Crippen molar-refractivity contribution in [1.29, 1.82) is 0 Å². The Morgan fingerprint density at radius 3 is 2.69 bits per heavy atom. The van der Waals surface area contributed by atoms with Crippen LogP contribution >= 0.6 is 11.6 Å². The number of rotatable bonds is 6. The average molecular weight is 240 g/mol. The minimum absolute atomic E-state index is 0.0814. The summed E-state index contributed by atoms with van der Waals surface area (Å²) in [7, 11) is 0. The Bertz CT molecular complexity index is 338. The second kappa shape index (κ2) is 7.29. The van der Waals surface area contributed by atoms with Gasteiger partial charge in [0.2, 0.25) is 0 Å². The fourth-order valence-corrected chi connectivity index (χ4v) is 1.72. The van der Waals surface area contributed by atoms with Gasteiger partial charge in [-0.1, -0.05) is 49.9 Å². The van der Waals surface area contributed by atoms with E-state index in [1.165, 1.54) is 19.3 Å². The predicted octanol–water partition coefficient (Wildman–Crippen LogP) is 3.65. The molecule has 0 saturated heterocycles. The molecule has 0 fully saturated rings. The van der Waals surface area contributed by atoms with Crippen molar-refractivity contribution in [2.24, 2.45) is 0 Å². The Labute approximate surface area is 102 Å². The number of nitrogens with one attached hydrogen (secondary N) is 1. The van der Waals surface area contributed by atoms with E-state index in [4.69, 9.17) is 11.6 Å². The van der Waals surface area contributed by atoms with E-state index in [2.05, 4.69) is 12.2 Å². The van der Waals surface area contributed by atoms with Crippen molar-refractivity contribution < 1.29 is 4.79 Å². The molecule has 1 aromatic rings. The van der Waals surface area contributed by atoms with Crippen molar-refractivity contribution in [2.75, 3.05) is 6.54 Å². The molecule has 2 nitrogen and oxygen atoms in total. The SMILES string of the molecule is CCCCCCNC(=O)c1ccccc1Cl. The molecule has 0 bridgehead atoms. The third-order valence-corrected chi connectivity index (χ3v) is 2.76. The minimum atomic E-state index is -0.0814. The Kier molecular flexibility index (Phi) is 5.94. The van der Waals surface area contributed by atoms with Gasteiger partial charge in [-0.25, -0.2) is 0 Å². The normalized spacial score (nSPS) is 10.1. The molecule has 1 N–H and O–H groups in total. The van der Waals surface area contributed by atoms with Crippen molar-refractivity contribution in [2.45, 2.75) is 32.6 Å². The minimum Gasteiger partial charge on any atom is -0.352 e. The van der Waals surface area contributed by atoms with Gasteiger partial charge in [-0.15, -0.1) is 0 Å². The van der Waals surface area contributed by atoms with E-state index >= 15 is 0 Å². The van der Waals surface area contributed by atoms with Gasteiger partial charge in [-0.05, 0) is 18.6 Å². The molecule has 1 amide bonds. The van der Waals surface area contributed by atoms with E-state index in [9.17, 15) is 4.79 Å². The molecule has 3 heteroatoms. The lowest BCUT2D eigenvalue weighted by atomic mass is 10.2. The quantitative estimate of drug-likeness (QED) is 0.755. The third-order valence-electron chi connectivity index (χ3n) is 2.43. The van der Waals surface area contributed by atoms with Gasteiger partial charge in [-0.3, -0.25) is 4.79 Å². The summed E-state index contributed by atoms with van der Waals surface area (Å²) in [5.74, 6) is -0.0814. The number of carbonyl (C=O) groups is 1. The second-order valence-electron chi connectivity index (χ2n) is 3.80.